The maximum Gasteiger partial charge on any atom is 0.270 e. The van der Waals surface area contributed by atoms with Crippen molar-refractivity contribution < 1.29 is 9.53 Å². The van der Waals surface area contributed by atoms with E-state index in [4.69, 9.17) is 4.74 Å². The second-order valence-electron chi connectivity index (χ2n) is 4.86. The molecule has 23 heavy (non-hydrogen) atoms. The highest BCUT2D eigenvalue weighted by Gasteiger charge is 2.09. The Hall–Kier alpha value is -3.22. The van der Waals surface area contributed by atoms with Crippen LogP contribution in [0.2, 0.25) is 0 Å². The Bertz CT molecular complexity index is 784. The quantitative estimate of drug-likeness (QED) is 0.780. The highest BCUT2D eigenvalue weighted by atomic mass is 16.5. The van der Waals surface area contributed by atoms with Crippen LogP contribution in [0.5, 0.6) is 5.75 Å². The summed E-state index contributed by atoms with van der Waals surface area (Å²) in [4.78, 5) is 13.3. The highest BCUT2D eigenvalue weighted by molar-refractivity contribution is 6.03. The summed E-state index contributed by atoms with van der Waals surface area (Å²) in [6.07, 6.45) is 0. The van der Waals surface area contributed by atoms with Gasteiger partial charge in [-0.15, -0.1) is 5.10 Å². The molecule has 1 amide bonds. The molecule has 116 valence electrons. The minimum atomic E-state index is -0.299. The van der Waals surface area contributed by atoms with Crippen LogP contribution in [-0.4, -0.2) is 26.1 Å². The topological polar surface area (TPSA) is 81.9 Å². The summed E-state index contributed by atoms with van der Waals surface area (Å²) in [5, 5.41) is 13.8. The molecular weight excluding hydrogens is 294 g/mol. The molecule has 0 atom stereocenters. The van der Waals surface area contributed by atoms with Crippen LogP contribution in [0.25, 0.3) is 0 Å². The zero-order chi connectivity index (χ0) is 16.1. The van der Waals surface area contributed by atoms with E-state index >= 15 is 0 Å². The molecule has 0 saturated heterocycles. The van der Waals surface area contributed by atoms with E-state index in [2.05, 4.69) is 20.7 Å². The fourth-order valence-electron chi connectivity index (χ4n) is 1.95. The smallest absolute Gasteiger partial charge is 0.270 e. The van der Waals surface area contributed by atoms with Gasteiger partial charge in [0.15, 0.2) is 0 Å². The summed E-state index contributed by atoms with van der Waals surface area (Å²) < 4.78 is 5.68. The summed E-state index contributed by atoms with van der Waals surface area (Å²) in [5.41, 5.74) is 1.58. The number of ether oxygens (including phenoxy) is 1. The van der Waals surface area contributed by atoms with Crippen molar-refractivity contribution in [2.24, 2.45) is 7.05 Å². The third-order valence-corrected chi connectivity index (χ3v) is 3.10. The van der Waals surface area contributed by atoms with Gasteiger partial charge in [0, 0.05) is 5.56 Å². The lowest BCUT2D eigenvalue weighted by molar-refractivity contribution is 0.102. The molecule has 3 rings (SSSR count). The van der Waals surface area contributed by atoms with E-state index in [0.717, 1.165) is 5.56 Å². The third kappa shape index (κ3) is 3.91. The zero-order valence-electron chi connectivity index (χ0n) is 12.5. The van der Waals surface area contributed by atoms with Gasteiger partial charge in [0.1, 0.15) is 12.4 Å². The van der Waals surface area contributed by atoms with Gasteiger partial charge in [0.05, 0.1) is 7.05 Å². The molecule has 1 N–H and O–H groups in total. The first-order valence-corrected chi connectivity index (χ1v) is 7.03. The fourth-order valence-corrected chi connectivity index (χ4v) is 1.95. The SMILES string of the molecule is Cn1nnc(NC(=O)c2ccc(OCc3ccccc3)cc2)n1. The molecule has 0 saturated carbocycles. The number of benzene rings is 2. The van der Waals surface area contributed by atoms with E-state index in [1.165, 1.54) is 4.80 Å². The Morgan fingerprint density at radius 3 is 2.52 bits per heavy atom. The second-order valence-corrected chi connectivity index (χ2v) is 4.86. The van der Waals surface area contributed by atoms with Crippen LogP contribution in [0.1, 0.15) is 15.9 Å². The third-order valence-electron chi connectivity index (χ3n) is 3.10. The van der Waals surface area contributed by atoms with Crippen molar-refractivity contribution in [1.82, 2.24) is 20.2 Å². The molecule has 1 heterocycles. The predicted octanol–water partition coefficient (Wildman–Crippen LogP) is 2.04. The highest BCUT2D eigenvalue weighted by Crippen LogP contribution is 2.15. The minimum Gasteiger partial charge on any atom is -0.489 e. The van der Waals surface area contributed by atoms with Crippen LogP contribution in [0.3, 0.4) is 0 Å². The lowest BCUT2D eigenvalue weighted by atomic mass is 10.2. The lowest BCUT2D eigenvalue weighted by Crippen LogP contribution is -2.13. The van der Waals surface area contributed by atoms with Gasteiger partial charge in [0.2, 0.25) is 0 Å². The van der Waals surface area contributed by atoms with Crippen LogP contribution in [0, 0.1) is 0 Å². The van der Waals surface area contributed by atoms with Gasteiger partial charge in [-0.2, -0.15) is 4.80 Å². The first-order valence-electron chi connectivity index (χ1n) is 7.03. The largest absolute Gasteiger partial charge is 0.489 e. The molecule has 0 aliphatic rings. The number of amides is 1. The first-order chi connectivity index (χ1) is 11.2. The maximum absolute atomic E-state index is 12.0. The van der Waals surface area contributed by atoms with Crippen LogP contribution < -0.4 is 10.1 Å². The van der Waals surface area contributed by atoms with Gasteiger partial charge < -0.3 is 4.74 Å². The number of carbonyl (C=O) groups is 1. The number of tetrazole rings is 1. The molecule has 0 aliphatic carbocycles. The standard InChI is InChI=1S/C16H15N5O2/c1-21-19-16(18-20-21)17-15(22)13-7-9-14(10-8-13)23-11-12-5-3-2-4-6-12/h2-10H,11H2,1H3,(H,17,19,22). The summed E-state index contributed by atoms with van der Waals surface area (Å²) in [7, 11) is 1.63. The van der Waals surface area contributed by atoms with Gasteiger partial charge in [-0.3, -0.25) is 10.1 Å². The van der Waals surface area contributed by atoms with E-state index < -0.39 is 0 Å². The minimum absolute atomic E-state index is 0.168. The molecule has 0 spiro atoms. The molecule has 0 bridgehead atoms. The molecule has 7 heteroatoms. The summed E-state index contributed by atoms with van der Waals surface area (Å²) in [5.74, 6) is 0.567. The Balaban J connectivity index is 1.59. The van der Waals surface area contributed by atoms with Crippen molar-refractivity contribution in [2.45, 2.75) is 6.61 Å². The molecule has 2 aromatic carbocycles. The summed E-state index contributed by atoms with van der Waals surface area (Å²) in [6.45, 7) is 0.482. The molecule has 0 unspecified atom stereocenters. The van der Waals surface area contributed by atoms with Crippen molar-refractivity contribution in [3.05, 3.63) is 65.7 Å². The Morgan fingerprint density at radius 2 is 1.87 bits per heavy atom. The number of nitrogens with one attached hydrogen (secondary N) is 1. The number of anilines is 1. The van der Waals surface area contributed by atoms with Gasteiger partial charge in [-0.25, -0.2) is 0 Å². The predicted molar refractivity (Wildman–Crippen MR) is 84.0 cm³/mol. The molecule has 1 aromatic heterocycles. The molecule has 0 fully saturated rings. The van der Waals surface area contributed by atoms with E-state index in [-0.39, 0.29) is 11.9 Å². The average molecular weight is 309 g/mol. The van der Waals surface area contributed by atoms with E-state index in [1.807, 2.05) is 30.3 Å². The first kappa shape index (κ1) is 14.7. The Kier molecular flexibility index (Phi) is 4.28. The van der Waals surface area contributed by atoms with Crippen LogP contribution in [0.15, 0.2) is 54.6 Å². The maximum atomic E-state index is 12.0. The summed E-state index contributed by atoms with van der Waals surface area (Å²) >= 11 is 0. The average Bonchev–Trinajstić information content (AvgIpc) is 2.99. The van der Waals surface area contributed by atoms with Crippen molar-refractivity contribution in [3.8, 4) is 5.75 Å². The molecule has 7 nitrogen and oxygen atoms in total. The van der Waals surface area contributed by atoms with Crippen molar-refractivity contribution in [1.29, 1.82) is 0 Å². The van der Waals surface area contributed by atoms with Crippen molar-refractivity contribution in [3.63, 3.8) is 0 Å². The van der Waals surface area contributed by atoms with Crippen molar-refractivity contribution >= 4 is 11.9 Å². The molecule has 3 aromatic rings. The summed E-state index contributed by atoms with van der Waals surface area (Å²) in [6, 6.07) is 16.8. The Morgan fingerprint density at radius 1 is 1.13 bits per heavy atom. The van der Waals surface area contributed by atoms with Gasteiger partial charge in [-0.1, -0.05) is 35.4 Å². The fraction of sp³-hybridized carbons (Fsp3) is 0.125. The van der Waals surface area contributed by atoms with Crippen LogP contribution >= 0.6 is 0 Å². The zero-order valence-corrected chi connectivity index (χ0v) is 12.5. The normalized spacial score (nSPS) is 10.3. The monoisotopic (exact) mass is 309 g/mol. The number of rotatable bonds is 5. The number of aromatic nitrogens is 4. The van der Waals surface area contributed by atoms with Crippen LogP contribution in [-0.2, 0) is 13.7 Å². The van der Waals surface area contributed by atoms with Gasteiger partial charge >= 0.3 is 0 Å². The number of nitrogens with zero attached hydrogens (tertiary/aromatic N) is 4. The second kappa shape index (κ2) is 6.69. The molecular formula is C16H15N5O2. The van der Waals surface area contributed by atoms with E-state index in [0.29, 0.717) is 17.9 Å². The van der Waals surface area contributed by atoms with E-state index in [1.54, 1.807) is 31.3 Å². The Labute approximate surface area is 132 Å². The van der Waals surface area contributed by atoms with Gasteiger partial charge in [-0.05, 0) is 35.0 Å². The molecule has 0 aliphatic heterocycles. The number of hydrogen-bond acceptors (Lipinski definition) is 5. The van der Waals surface area contributed by atoms with Crippen LogP contribution in [0.4, 0.5) is 5.95 Å². The lowest BCUT2D eigenvalue weighted by Gasteiger charge is -2.07. The number of aryl methyl sites for hydroxylation is 1. The number of hydrogen-bond donors (Lipinski definition) is 1. The number of carbonyl (C=O) groups excluding carboxylic acids is 1. The van der Waals surface area contributed by atoms with Gasteiger partial charge in [0.25, 0.3) is 11.9 Å². The molecule has 0 radical (unpaired) electrons. The van der Waals surface area contributed by atoms with E-state index in [9.17, 15) is 4.79 Å². The van der Waals surface area contributed by atoms with Crippen molar-refractivity contribution in [2.75, 3.05) is 5.32 Å².